The first-order chi connectivity index (χ1) is 10.1. The van der Waals surface area contributed by atoms with Crippen LogP contribution in [0.4, 0.5) is 5.69 Å². The first kappa shape index (κ1) is 18.5. The first-order valence-electron chi connectivity index (χ1n) is 6.90. The maximum absolute atomic E-state index is 11.8. The zero-order chi connectivity index (χ0) is 15.2. The number of anilines is 1. The Morgan fingerprint density at radius 2 is 1.95 bits per heavy atom. The largest absolute Gasteiger partial charge is 0.462 e. The van der Waals surface area contributed by atoms with Crippen molar-refractivity contribution in [2.24, 2.45) is 0 Å². The number of hydrogen-bond donors (Lipinski definition) is 1. The summed E-state index contributed by atoms with van der Waals surface area (Å²) in [7, 11) is 0. The summed E-state index contributed by atoms with van der Waals surface area (Å²) >= 11 is 3.52. The molecule has 3 nitrogen and oxygen atoms in total. The summed E-state index contributed by atoms with van der Waals surface area (Å²) in [6, 6.07) is 15.5. The van der Waals surface area contributed by atoms with E-state index in [1.54, 1.807) is 13.0 Å². The molecule has 1 atom stereocenters. The Kier molecular flexibility index (Phi) is 7.42. The van der Waals surface area contributed by atoms with Gasteiger partial charge in [-0.3, -0.25) is 0 Å². The Labute approximate surface area is 145 Å². The van der Waals surface area contributed by atoms with Gasteiger partial charge in [0.25, 0.3) is 0 Å². The molecule has 0 aliphatic heterocycles. The van der Waals surface area contributed by atoms with E-state index < -0.39 is 0 Å². The minimum Gasteiger partial charge on any atom is -0.462 e. The molecule has 2 rings (SSSR count). The Hall–Kier alpha value is -1.52. The molecule has 118 valence electrons. The monoisotopic (exact) mass is 383 g/mol. The first-order valence-corrected chi connectivity index (χ1v) is 7.69. The number of carbonyl (C=O) groups excluding carboxylic acids is 1. The van der Waals surface area contributed by atoms with E-state index in [1.165, 1.54) is 0 Å². The molecule has 0 spiro atoms. The van der Waals surface area contributed by atoms with Crippen LogP contribution in [-0.4, -0.2) is 12.6 Å². The van der Waals surface area contributed by atoms with E-state index in [2.05, 4.69) is 28.2 Å². The number of rotatable bonds is 5. The van der Waals surface area contributed by atoms with Gasteiger partial charge in [0.2, 0.25) is 0 Å². The number of para-hydroxylation sites is 1. The Balaban J connectivity index is 0.00000242. The number of nitrogens with one attached hydrogen (secondary N) is 1. The minimum absolute atomic E-state index is 0. The van der Waals surface area contributed by atoms with Crippen molar-refractivity contribution in [3.8, 4) is 0 Å². The Bertz CT molecular complexity index is 634. The molecule has 0 heterocycles. The fraction of sp³-hybridized carbons (Fsp3) is 0.235. The number of halogens is 2. The third-order valence-electron chi connectivity index (χ3n) is 3.14. The van der Waals surface area contributed by atoms with Gasteiger partial charge in [0.15, 0.2) is 0 Å². The lowest BCUT2D eigenvalue weighted by molar-refractivity contribution is 0.0526. The molecule has 2 aromatic carbocycles. The summed E-state index contributed by atoms with van der Waals surface area (Å²) in [6.07, 6.45) is 0. The van der Waals surface area contributed by atoms with Gasteiger partial charge < -0.3 is 10.1 Å². The van der Waals surface area contributed by atoms with Gasteiger partial charge in [-0.05, 0) is 59.6 Å². The van der Waals surface area contributed by atoms with Crippen molar-refractivity contribution in [1.29, 1.82) is 0 Å². The normalized spacial score (nSPS) is 11.2. The molecule has 0 aliphatic carbocycles. The fourth-order valence-electron chi connectivity index (χ4n) is 2.04. The number of hydrogen-bond acceptors (Lipinski definition) is 3. The summed E-state index contributed by atoms with van der Waals surface area (Å²) in [4.78, 5) is 11.8. The van der Waals surface area contributed by atoms with E-state index in [9.17, 15) is 4.79 Å². The van der Waals surface area contributed by atoms with Crippen LogP contribution in [0, 0.1) is 0 Å². The summed E-state index contributed by atoms with van der Waals surface area (Å²) < 4.78 is 6.05. The summed E-state index contributed by atoms with van der Waals surface area (Å²) in [5.74, 6) is -0.285. The minimum atomic E-state index is -0.285. The zero-order valence-electron chi connectivity index (χ0n) is 12.5. The van der Waals surface area contributed by atoms with Crippen LogP contribution in [0.25, 0.3) is 0 Å². The highest BCUT2D eigenvalue weighted by Gasteiger charge is 2.11. The molecule has 0 aliphatic rings. The van der Waals surface area contributed by atoms with Crippen LogP contribution in [0.3, 0.4) is 0 Å². The molecular weight excluding hydrogens is 366 g/mol. The standard InChI is InChI=1S/C17H18BrNO2.ClH/c1-3-21-17(20)14-8-6-7-13(11-14)12(2)19-16-10-5-4-9-15(16)18;/h4-12,19H,3H2,1-2H3;1H. The van der Waals surface area contributed by atoms with Crippen molar-refractivity contribution in [2.75, 3.05) is 11.9 Å². The molecule has 1 unspecified atom stereocenters. The van der Waals surface area contributed by atoms with Crippen LogP contribution in [0.1, 0.15) is 35.8 Å². The topological polar surface area (TPSA) is 38.3 Å². The van der Waals surface area contributed by atoms with Gasteiger partial charge in [-0.1, -0.05) is 24.3 Å². The van der Waals surface area contributed by atoms with E-state index in [0.717, 1.165) is 15.7 Å². The molecule has 0 amide bonds. The van der Waals surface area contributed by atoms with Gasteiger partial charge >= 0.3 is 5.97 Å². The van der Waals surface area contributed by atoms with Crippen molar-refractivity contribution in [1.82, 2.24) is 0 Å². The predicted octanol–water partition coefficient (Wildman–Crippen LogP) is 5.22. The number of carbonyl (C=O) groups is 1. The highest BCUT2D eigenvalue weighted by Crippen LogP contribution is 2.26. The van der Waals surface area contributed by atoms with Crippen molar-refractivity contribution >= 4 is 40.0 Å². The number of esters is 1. The maximum atomic E-state index is 11.8. The SMILES string of the molecule is CCOC(=O)c1cccc(C(C)Nc2ccccc2Br)c1.Cl. The molecule has 1 N–H and O–H groups in total. The average molecular weight is 385 g/mol. The fourth-order valence-corrected chi connectivity index (χ4v) is 2.44. The molecule has 0 aromatic heterocycles. The number of benzene rings is 2. The molecule has 0 bridgehead atoms. The smallest absolute Gasteiger partial charge is 0.338 e. The van der Waals surface area contributed by atoms with Crippen LogP contribution < -0.4 is 5.32 Å². The van der Waals surface area contributed by atoms with Crippen LogP contribution in [0.5, 0.6) is 0 Å². The van der Waals surface area contributed by atoms with Crippen LogP contribution in [-0.2, 0) is 4.74 Å². The molecule has 0 fully saturated rings. The van der Waals surface area contributed by atoms with E-state index in [-0.39, 0.29) is 24.4 Å². The van der Waals surface area contributed by atoms with Gasteiger partial charge in [-0.15, -0.1) is 12.4 Å². The van der Waals surface area contributed by atoms with E-state index >= 15 is 0 Å². The molecule has 0 saturated carbocycles. The van der Waals surface area contributed by atoms with Crippen molar-refractivity contribution in [3.63, 3.8) is 0 Å². The van der Waals surface area contributed by atoms with Gasteiger partial charge in [-0.25, -0.2) is 4.79 Å². The average Bonchev–Trinajstić information content (AvgIpc) is 2.50. The number of ether oxygens (including phenoxy) is 1. The third-order valence-corrected chi connectivity index (χ3v) is 3.84. The van der Waals surface area contributed by atoms with Crippen molar-refractivity contribution in [2.45, 2.75) is 19.9 Å². The van der Waals surface area contributed by atoms with Gasteiger partial charge in [0, 0.05) is 16.2 Å². The molecule has 0 saturated heterocycles. The van der Waals surface area contributed by atoms with Crippen molar-refractivity contribution in [3.05, 3.63) is 64.1 Å². The summed E-state index contributed by atoms with van der Waals surface area (Å²) in [5.41, 5.74) is 2.64. The summed E-state index contributed by atoms with van der Waals surface area (Å²) in [5, 5.41) is 3.43. The molecular formula is C17H19BrClNO2. The lowest BCUT2D eigenvalue weighted by Crippen LogP contribution is -2.09. The molecule has 22 heavy (non-hydrogen) atoms. The summed E-state index contributed by atoms with van der Waals surface area (Å²) in [6.45, 7) is 4.25. The predicted molar refractivity (Wildman–Crippen MR) is 95.8 cm³/mol. The quantitative estimate of drug-likeness (QED) is 0.718. The van der Waals surface area contributed by atoms with Crippen LogP contribution >= 0.6 is 28.3 Å². The highest BCUT2D eigenvalue weighted by atomic mass is 79.9. The highest BCUT2D eigenvalue weighted by molar-refractivity contribution is 9.10. The second-order valence-corrected chi connectivity index (χ2v) is 5.55. The van der Waals surface area contributed by atoms with E-state index in [1.807, 2.05) is 42.5 Å². The lowest BCUT2D eigenvalue weighted by Gasteiger charge is -2.17. The lowest BCUT2D eigenvalue weighted by atomic mass is 10.0. The van der Waals surface area contributed by atoms with E-state index in [0.29, 0.717) is 12.2 Å². The van der Waals surface area contributed by atoms with Gasteiger partial charge in [-0.2, -0.15) is 0 Å². The Morgan fingerprint density at radius 3 is 2.64 bits per heavy atom. The maximum Gasteiger partial charge on any atom is 0.338 e. The second kappa shape index (κ2) is 8.81. The van der Waals surface area contributed by atoms with Gasteiger partial charge in [0.05, 0.1) is 12.2 Å². The van der Waals surface area contributed by atoms with Gasteiger partial charge in [0.1, 0.15) is 0 Å². The zero-order valence-corrected chi connectivity index (χ0v) is 14.9. The molecule has 2 aromatic rings. The second-order valence-electron chi connectivity index (χ2n) is 4.69. The Morgan fingerprint density at radius 1 is 1.23 bits per heavy atom. The molecule has 0 radical (unpaired) electrons. The van der Waals surface area contributed by atoms with Crippen molar-refractivity contribution < 1.29 is 9.53 Å². The molecule has 5 heteroatoms. The van der Waals surface area contributed by atoms with Crippen LogP contribution in [0.15, 0.2) is 53.0 Å². The van der Waals surface area contributed by atoms with Crippen LogP contribution in [0.2, 0.25) is 0 Å². The third kappa shape index (κ3) is 4.75. The van der Waals surface area contributed by atoms with E-state index in [4.69, 9.17) is 4.74 Å².